The molecule has 0 N–H and O–H groups in total. The molecular formula is C18H21N3O4. The lowest BCUT2D eigenvalue weighted by Gasteiger charge is -2.22. The van der Waals surface area contributed by atoms with Gasteiger partial charge in [0.25, 0.3) is 5.91 Å². The number of carbonyl (C=O) groups excluding carboxylic acids is 3. The van der Waals surface area contributed by atoms with E-state index >= 15 is 0 Å². The van der Waals surface area contributed by atoms with Crippen molar-refractivity contribution in [2.45, 2.75) is 31.3 Å². The summed E-state index contributed by atoms with van der Waals surface area (Å²) in [5.74, 6) is 0.591. The molecule has 1 aromatic rings. The van der Waals surface area contributed by atoms with Gasteiger partial charge in [0, 0.05) is 19.5 Å². The Hall–Kier alpha value is -2.57. The molecule has 0 aromatic heterocycles. The number of likely N-dealkylation sites (tertiary alicyclic amines) is 1. The SMILES string of the molecule is O=C1C[C@H](N2C(=O)[C@@H]3CCCN3C2=O)CN1CCOc1ccccc1. The molecule has 0 spiro atoms. The van der Waals surface area contributed by atoms with Gasteiger partial charge in [-0.3, -0.25) is 14.5 Å². The Morgan fingerprint density at radius 2 is 1.92 bits per heavy atom. The molecule has 0 bridgehead atoms. The first-order valence-corrected chi connectivity index (χ1v) is 8.74. The van der Waals surface area contributed by atoms with Gasteiger partial charge in [0.1, 0.15) is 18.4 Å². The maximum Gasteiger partial charge on any atom is 0.327 e. The number of ether oxygens (including phenoxy) is 1. The number of hydrogen-bond acceptors (Lipinski definition) is 4. The van der Waals surface area contributed by atoms with E-state index < -0.39 is 0 Å². The monoisotopic (exact) mass is 343 g/mol. The van der Waals surface area contributed by atoms with Crippen LogP contribution in [0.15, 0.2) is 30.3 Å². The van der Waals surface area contributed by atoms with E-state index in [-0.39, 0.29) is 36.3 Å². The van der Waals surface area contributed by atoms with Crippen molar-refractivity contribution in [2.24, 2.45) is 0 Å². The predicted molar refractivity (Wildman–Crippen MR) is 88.9 cm³/mol. The highest BCUT2D eigenvalue weighted by Crippen LogP contribution is 2.31. The molecule has 3 aliphatic rings. The molecule has 7 heteroatoms. The Bertz CT molecular complexity index is 671. The maximum absolute atomic E-state index is 12.5. The molecule has 4 amide bonds. The van der Waals surface area contributed by atoms with Crippen LogP contribution < -0.4 is 4.74 Å². The predicted octanol–water partition coefficient (Wildman–Crippen LogP) is 1.09. The van der Waals surface area contributed by atoms with Crippen molar-refractivity contribution in [3.05, 3.63) is 30.3 Å². The molecule has 3 saturated heterocycles. The highest BCUT2D eigenvalue weighted by atomic mass is 16.5. The van der Waals surface area contributed by atoms with E-state index in [1.165, 1.54) is 4.90 Å². The van der Waals surface area contributed by atoms with Gasteiger partial charge in [-0.1, -0.05) is 18.2 Å². The summed E-state index contributed by atoms with van der Waals surface area (Å²) in [5, 5.41) is 0. The van der Waals surface area contributed by atoms with Crippen LogP contribution in [0.5, 0.6) is 5.75 Å². The second-order valence-corrected chi connectivity index (χ2v) is 6.70. The van der Waals surface area contributed by atoms with Crippen molar-refractivity contribution in [2.75, 3.05) is 26.2 Å². The van der Waals surface area contributed by atoms with E-state index in [9.17, 15) is 14.4 Å². The van der Waals surface area contributed by atoms with Gasteiger partial charge in [0.2, 0.25) is 5.91 Å². The molecule has 25 heavy (non-hydrogen) atoms. The molecule has 7 nitrogen and oxygen atoms in total. The molecule has 132 valence electrons. The lowest BCUT2D eigenvalue weighted by Crippen LogP contribution is -2.43. The Morgan fingerprint density at radius 3 is 2.68 bits per heavy atom. The van der Waals surface area contributed by atoms with Crippen LogP contribution in [0.1, 0.15) is 19.3 Å². The molecule has 2 atom stereocenters. The van der Waals surface area contributed by atoms with Gasteiger partial charge >= 0.3 is 6.03 Å². The Morgan fingerprint density at radius 1 is 1.12 bits per heavy atom. The summed E-state index contributed by atoms with van der Waals surface area (Å²) in [5.41, 5.74) is 0. The van der Waals surface area contributed by atoms with E-state index in [1.807, 2.05) is 30.3 Å². The topological polar surface area (TPSA) is 70.2 Å². The minimum Gasteiger partial charge on any atom is -0.492 e. The van der Waals surface area contributed by atoms with E-state index in [1.54, 1.807) is 9.80 Å². The third-order valence-electron chi connectivity index (χ3n) is 5.16. The van der Waals surface area contributed by atoms with E-state index in [0.29, 0.717) is 26.2 Å². The third kappa shape index (κ3) is 2.83. The van der Waals surface area contributed by atoms with Crippen LogP contribution in [0.2, 0.25) is 0 Å². The van der Waals surface area contributed by atoms with Crippen LogP contribution in [0, 0.1) is 0 Å². The smallest absolute Gasteiger partial charge is 0.327 e. The largest absolute Gasteiger partial charge is 0.492 e. The van der Waals surface area contributed by atoms with Gasteiger partial charge in [-0.05, 0) is 25.0 Å². The summed E-state index contributed by atoms with van der Waals surface area (Å²) in [6, 6.07) is 8.54. The quantitative estimate of drug-likeness (QED) is 0.751. The highest BCUT2D eigenvalue weighted by Gasteiger charge is 2.51. The fraction of sp³-hybridized carbons (Fsp3) is 0.500. The van der Waals surface area contributed by atoms with Crippen LogP contribution in [0.25, 0.3) is 0 Å². The Balaban J connectivity index is 1.34. The summed E-state index contributed by atoms with van der Waals surface area (Å²) in [6.07, 6.45) is 1.82. The van der Waals surface area contributed by atoms with E-state index in [0.717, 1.165) is 18.6 Å². The fourth-order valence-electron chi connectivity index (χ4n) is 3.91. The molecule has 0 saturated carbocycles. The van der Waals surface area contributed by atoms with Crippen LogP contribution in [0.4, 0.5) is 4.79 Å². The molecule has 0 aliphatic carbocycles. The summed E-state index contributed by atoms with van der Waals surface area (Å²) in [7, 11) is 0. The summed E-state index contributed by atoms with van der Waals surface area (Å²) in [4.78, 5) is 41.9. The van der Waals surface area contributed by atoms with Crippen molar-refractivity contribution >= 4 is 17.8 Å². The standard InChI is InChI=1S/C18H21N3O4/c22-16-11-13(21-17(23)15-7-4-8-20(15)18(21)24)12-19(16)9-10-25-14-5-2-1-3-6-14/h1-3,5-6,13,15H,4,7-12H2/t13-,15-/m0/s1. The number of fused-ring (bicyclic) bond motifs is 1. The second-order valence-electron chi connectivity index (χ2n) is 6.70. The minimum absolute atomic E-state index is 0.0330. The van der Waals surface area contributed by atoms with Gasteiger partial charge < -0.3 is 14.5 Å². The zero-order chi connectivity index (χ0) is 17.4. The number of urea groups is 1. The lowest BCUT2D eigenvalue weighted by atomic mass is 10.2. The lowest BCUT2D eigenvalue weighted by molar-refractivity contribution is -0.129. The van der Waals surface area contributed by atoms with E-state index in [2.05, 4.69) is 0 Å². The van der Waals surface area contributed by atoms with Crippen molar-refractivity contribution in [1.29, 1.82) is 0 Å². The summed E-state index contributed by atoms with van der Waals surface area (Å²) in [6.45, 7) is 1.88. The number of para-hydroxylation sites is 1. The van der Waals surface area contributed by atoms with Gasteiger partial charge in [-0.25, -0.2) is 4.79 Å². The maximum atomic E-state index is 12.5. The van der Waals surface area contributed by atoms with Crippen molar-refractivity contribution in [3.63, 3.8) is 0 Å². The number of carbonyl (C=O) groups is 3. The molecule has 4 rings (SSSR count). The Labute approximate surface area is 146 Å². The first-order chi connectivity index (χ1) is 12.1. The number of hydrogen-bond donors (Lipinski definition) is 0. The molecule has 0 radical (unpaired) electrons. The molecule has 3 fully saturated rings. The number of benzene rings is 1. The summed E-state index contributed by atoms with van der Waals surface area (Å²) < 4.78 is 5.63. The first-order valence-electron chi connectivity index (χ1n) is 8.74. The molecule has 3 aliphatic heterocycles. The van der Waals surface area contributed by atoms with Crippen LogP contribution in [-0.2, 0) is 9.59 Å². The zero-order valence-electron chi connectivity index (χ0n) is 14.0. The minimum atomic E-state index is -0.352. The normalized spacial score (nSPS) is 25.9. The van der Waals surface area contributed by atoms with Gasteiger partial charge in [0.05, 0.1) is 12.6 Å². The van der Waals surface area contributed by atoms with Crippen LogP contribution in [0.3, 0.4) is 0 Å². The van der Waals surface area contributed by atoms with E-state index in [4.69, 9.17) is 4.74 Å². The molecule has 0 unspecified atom stereocenters. The van der Waals surface area contributed by atoms with Crippen LogP contribution in [-0.4, -0.2) is 70.9 Å². The summed E-state index contributed by atoms with van der Waals surface area (Å²) >= 11 is 0. The fourth-order valence-corrected chi connectivity index (χ4v) is 3.91. The first kappa shape index (κ1) is 15.9. The second kappa shape index (κ2) is 6.38. The number of rotatable bonds is 5. The van der Waals surface area contributed by atoms with Gasteiger partial charge in [-0.2, -0.15) is 0 Å². The van der Waals surface area contributed by atoms with Crippen molar-refractivity contribution in [3.8, 4) is 5.75 Å². The van der Waals surface area contributed by atoms with Crippen molar-refractivity contribution < 1.29 is 19.1 Å². The van der Waals surface area contributed by atoms with Crippen molar-refractivity contribution in [1.82, 2.24) is 14.7 Å². The molecular weight excluding hydrogens is 322 g/mol. The Kier molecular flexibility index (Phi) is 4.07. The van der Waals surface area contributed by atoms with Crippen LogP contribution >= 0.6 is 0 Å². The number of nitrogens with zero attached hydrogens (tertiary/aromatic N) is 3. The molecule has 3 heterocycles. The number of amides is 4. The van der Waals surface area contributed by atoms with Gasteiger partial charge in [-0.15, -0.1) is 0 Å². The zero-order valence-corrected chi connectivity index (χ0v) is 14.0. The molecule has 1 aromatic carbocycles. The van der Waals surface area contributed by atoms with Gasteiger partial charge in [0.15, 0.2) is 0 Å². The average Bonchev–Trinajstić information content (AvgIpc) is 3.28. The third-order valence-corrected chi connectivity index (χ3v) is 5.16. The average molecular weight is 343 g/mol. The highest BCUT2D eigenvalue weighted by molar-refractivity contribution is 6.05. The number of imide groups is 1.